The van der Waals surface area contributed by atoms with Gasteiger partial charge in [0.1, 0.15) is 23.1 Å². The van der Waals surface area contributed by atoms with Gasteiger partial charge in [-0.05, 0) is 29.8 Å². The number of pyridine rings is 1. The van der Waals surface area contributed by atoms with E-state index in [2.05, 4.69) is 4.98 Å². The van der Waals surface area contributed by atoms with E-state index in [1.807, 2.05) is 0 Å². The van der Waals surface area contributed by atoms with Crippen LogP contribution in [0.4, 0.5) is 13.2 Å². The van der Waals surface area contributed by atoms with Crippen molar-refractivity contribution in [3.8, 4) is 11.6 Å². The van der Waals surface area contributed by atoms with Gasteiger partial charge in [-0.25, -0.2) is 4.98 Å². The lowest BCUT2D eigenvalue weighted by atomic mass is 10.2. The van der Waals surface area contributed by atoms with Crippen LogP contribution in [0.5, 0.6) is 11.6 Å². The van der Waals surface area contributed by atoms with E-state index < -0.39 is 17.6 Å². The standard InChI is InChI=1S/C14H11ClF3NO2/c1-20-10-4-2-9(3-5-10)8-21-13-11(14(16,17)18)6-7-12(15)19-13/h2-7H,8H2,1H3. The number of halogens is 4. The second-order valence-electron chi connectivity index (χ2n) is 4.12. The zero-order chi connectivity index (χ0) is 15.5. The molecule has 0 saturated carbocycles. The quantitative estimate of drug-likeness (QED) is 0.786. The summed E-state index contributed by atoms with van der Waals surface area (Å²) in [6, 6.07) is 8.68. The highest BCUT2D eigenvalue weighted by Crippen LogP contribution is 2.36. The molecule has 0 N–H and O–H groups in total. The highest BCUT2D eigenvalue weighted by Gasteiger charge is 2.35. The molecule has 0 unspecified atom stereocenters. The fraction of sp³-hybridized carbons (Fsp3) is 0.214. The van der Waals surface area contributed by atoms with E-state index in [9.17, 15) is 13.2 Å². The predicted octanol–water partition coefficient (Wildman–Crippen LogP) is 4.34. The SMILES string of the molecule is COc1ccc(COc2nc(Cl)ccc2C(F)(F)F)cc1. The molecule has 0 fully saturated rings. The van der Waals surface area contributed by atoms with Crippen molar-refractivity contribution in [1.29, 1.82) is 0 Å². The number of aromatic nitrogens is 1. The first-order chi connectivity index (χ1) is 9.90. The molecular formula is C14H11ClF3NO2. The molecule has 0 radical (unpaired) electrons. The molecule has 0 saturated heterocycles. The topological polar surface area (TPSA) is 31.4 Å². The van der Waals surface area contributed by atoms with Crippen LogP contribution in [-0.4, -0.2) is 12.1 Å². The molecule has 0 aliphatic rings. The number of hydrogen-bond donors (Lipinski definition) is 0. The Morgan fingerprint density at radius 3 is 2.33 bits per heavy atom. The van der Waals surface area contributed by atoms with Gasteiger partial charge >= 0.3 is 6.18 Å². The van der Waals surface area contributed by atoms with Crippen molar-refractivity contribution in [2.75, 3.05) is 7.11 Å². The summed E-state index contributed by atoms with van der Waals surface area (Å²) in [6.07, 6.45) is -4.55. The van der Waals surface area contributed by atoms with E-state index in [1.165, 1.54) is 7.11 Å². The van der Waals surface area contributed by atoms with Gasteiger partial charge in [-0.15, -0.1) is 0 Å². The summed E-state index contributed by atoms with van der Waals surface area (Å²) in [5, 5.41) is -0.0623. The van der Waals surface area contributed by atoms with E-state index in [1.54, 1.807) is 24.3 Å². The molecule has 1 heterocycles. The van der Waals surface area contributed by atoms with Crippen LogP contribution in [0.3, 0.4) is 0 Å². The van der Waals surface area contributed by atoms with Gasteiger partial charge < -0.3 is 9.47 Å². The van der Waals surface area contributed by atoms with Gasteiger partial charge in [0.05, 0.1) is 7.11 Å². The van der Waals surface area contributed by atoms with Crippen molar-refractivity contribution in [3.63, 3.8) is 0 Å². The Kier molecular flexibility index (Phi) is 4.57. The lowest BCUT2D eigenvalue weighted by Crippen LogP contribution is -2.10. The number of nitrogens with zero attached hydrogens (tertiary/aromatic N) is 1. The summed E-state index contributed by atoms with van der Waals surface area (Å²) in [4.78, 5) is 3.59. The summed E-state index contributed by atoms with van der Waals surface area (Å²) in [5.74, 6) is 0.112. The average Bonchev–Trinajstić information content (AvgIpc) is 2.44. The van der Waals surface area contributed by atoms with Crippen molar-refractivity contribution >= 4 is 11.6 Å². The molecule has 2 rings (SSSR count). The van der Waals surface area contributed by atoms with Crippen LogP contribution in [0.1, 0.15) is 11.1 Å². The third-order valence-corrected chi connectivity index (χ3v) is 2.88. The van der Waals surface area contributed by atoms with Gasteiger partial charge in [-0.1, -0.05) is 23.7 Å². The zero-order valence-electron chi connectivity index (χ0n) is 10.9. The van der Waals surface area contributed by atoms with Gasteiger partial charge in [-0.2, -0.15) is 13.2 Å². The normalized spacial score (nSPS) is 11.3. The predicted molar refractivity (Wildman–Crippen MR) is 71.6 cm³/mol. The minimum Gasteiger partial charge on any atom is -0.497 e. The third-order valence-electron chi connectivity index (χ3n) is 2.67. The van der Waals surface area contributed by atoms with E-state index in [0.717, 1.165) is 12.1 Å². The summed E-state index contributed by atoms with van der Waals surface area (Å²) in [5.41, 5.74) is -0.272. The monoisotopic (exact) mass is 317 g/mol. The fourth-order valence-corrected chi connectivity index (χ4v) is 1.76. The third kappa shape index (κ3) is 4.01. The lowest BCUT2D eigenvalue weighted by molar-refractivity contribution is -0.139. The molecule has 112 valence electrons. The molecule has 3 nitrogen and oxygen atoms in total. The minimum absolute atomic E-state index is 0.0551. The Morgan fingerprint density at radius 1 is 1.10 bits per heavy atom. The molecule has 7 heteroatoms. The number of hydrogen-bond acceptors (Lipinski definition) is 3. The molecule has 21 heavy (non-hydrogen) atoms. The average molecular weight is 318 g/mol. The van der Waals surface area contributed by atoms with Gasteiger partial charge in [0, 0.05) is 0 Å². The maximum absolute atomic E-state index is 12.8. The molecule has 0 spiro atoms. The number of benzene rings is 1. The minimum atomic E-state index is -4.55. The summed E-state index contributed by atoms with van der Waals surface area (Å²) in [7, 11) is 1.52. The van der Waals surface area contributed by atoms with E-state index in [-0.39, 0.29) is 11.8 Å². The Hall–Kier alpha value is -1.95. The largest absolute Gasteiger partial charge is 0.497 e. The summed E-state index contributed by atoms with van der Waals surface area (Å²) < 4.78 is 48.6. The van der Waals surface area contributed by atoms with Crippen LogP contribution in [0.25, 0.3) is 0 Å². The fourth-order valence-electron chi connectivity index (χ4n) is 1.62. The Labute approximate surface area is 124 Å². The molecule has 0 bridgehead atoms. The van der Waals surface area contributed by atoms with Crippen LogP contribution in [0, 0.1) is 0 Å². The molecule has 0 atom stereocenters. The second kappa shape index (κ2) is 6.22. The van der Waals surface area contributed by atoms with Crippen LogP contribution < -0.4 is 9.47 Å². The van der Waals surface area contributed by atoms with Crippen LogP contribution in [0.2, 0.25) is 5.15 Å². The van der Waals surface area contributed by atoms with E-state index >= 15 is 0 Å². The van der Waals surface area contributed by atoms with Gasteiger partial charge in [0.25, 0.3) is 0 Å². The number of alkyl halides is 3. The Balaban J connectivity index is 2.17. The lowest BCUT2D eigenvalue weighted by Gasteiger charge is -2.13. The van der Waals surface area contributed by atoms with Gasteiger partial charge in [0.15, 0.2) is 0 Å². The van der Waals surface area contributed by atoms with Crippen LogP contribution >= 0.6 is 11.6 Å². The Bertz CT molecular complexity index is 615. The highest BCUT2D eigenvalue weighted by molar-refractivity contribution is 6.29. The molecule has 0 amide bonds. The second-order valence-corrected chi connectivity index (χ2v) is 4.51. The molecular weight excluding hydrogens is 307 g/mol. The number of ether oxygens (including phenoxy) is 2. The van der Waals surface area contributed by atoms with E-state index in [0.29, 0.717) is 11.3 Å². The highest BCUT2D eigenvalue weighted by atomic mass is 35.5. The van der Waals surface area contributed by atoms with Crippen molar-refractivity contribution in [2.24, 2.45) is 0 Å². The number of rotatable bonds is 4. The maximum Gasteiger partial charge on any atom is 0.421 e. The Morgan fingerprint density at radius 2 is 1.76 bits per heavy atom. The smallest absolute Gasteiger partial charge is 0.421 e. The first kappa shape index (κ1) is 15.4. The van der Waals surface area contributed by atoms with Crippen LogP contribution in [-0.2, 0) is 12.8 Å². The molecule has 2 aromatic rings. The summed E-state index contributed by atoms with van der Waals surface area (Å²) in [6.45, 7) is -0.0551. The van der Waals surface area contributed by atoms with Crippen LogP contribution in [0.15, 0.2) is 36.4 Å². The first-order valence-corrected chi connectivity index (χ1v) is 6.27. The van der Waals surface area contributed by atoms with Crippen molar-refractivity contribution in [2.45, 2.75) is 12.8 Å². The van der Waals surface area contributed by atoms with Crippen molar-refractivity contribution in [3.05, 3.63) is 52.7 Å². The molecule has 1 aromatic carbocycles. The molecule has 0 aliphatic carbocycles. The number of methoxy groups -OCH3 is 1. The first-order valence-electron chi connectivity index (χ1n) is 5.89. The van der Waals surface area contributed by atoms with Crippen molar-refractivity contribution in [1.82, 2.24) is 4.98 Å². The molecule has 0 aliphatic heterocycles. The zero-order valence-corrected chi connectivity index (χ0v) is 11.7. The van der Waals surface area contributed by atoms with Gasteiger partial charge in [-0.3, -0.25) is 0 Å². The van der Waals surface area contributed by atoms with Crippen molar-refractivity contribution < 1.29 is 22.6 Å². The molecule has 1 aromatic heterocycles. The summed E-state index contributed by atoms with van der Waals surface area (Å²) >= 11 is 5.61. The van der Waals surface area contributed by atoms with Gasteiger partial charge in [0.2, 0.25) is 5.88 Å². The van der Waals surface area contributed by atoms with E-state index in [4.69, 9.17) is 21.1 Å². The maximum atomic E-state index is 12.8.